The molecule has 0 spiro atoms. The number of carbonyl (C=O) groups is 1. The largest absolute Gasteiger partial charge is 0.497 e. The van der Waals surface area contributed by atoms with Crippen LogP contribution in [0.15, 0.2) is 113 Å². The van der Waals surface area contributed by atoms with Gasteiger partial charge in [-0.3, -0.25) is 19.2 Å². The Morgan fingerprint density at radius 3 is 2.17 bits per heavy atom. The molecule has 0 bridgehead atoms. The van der Waals surface area contributed by atoms with Crippen LogP contribution in [0.25, 0.3) is 0 Å². The zero-order valence-corrected chi connectivity index (χ0v) is 22.7. The number of non-ortho nitro benzene ring substituents is 1. The third-order valence-electron chi connectivity index (χ3n) is 5.81. The van der Waals surface area contributed by atoms with E-state index < -0.39 is 27.4 Å². The van der Waals surface area contributed by atoms with Crippen LogP contribution < -0.4 is 19.2 Å². The molecule has 0 aliphatic rings. The molecule has 0 aliphatic heterocycles. The number of benzene rings is 4. The Balaban J connectivity index is 1.37. The third kappa shape index (κ3) is 7.67. The molecule has 0 heterocycles. The predicted octanol–water partition coefficient (Wildman–Crippen LogP) is 4.53. The Hall–Kier alpha value is -5.23. The number of anilines is 1. The summed E-state index contributed by atoms with van der Waals surface area (Å²) >= 11 is 0. The van der Waals surface area contributed by atoms with E-state index in [1.165, 1.54) is 37.6 Å². The topological polar surface area (TPSA) is 140 Å². The van der Waals surface area contributed by atoms with Gasteiger partial charge in [0.1, 0.15) is 24.7 Å². The molecular weight excluding hydrogens is 548 g/mol. The summed E-state index contributed by atoms with van der Waals surface area (Å²) in [7, 11) is -2.54. The number of nitro groups is 1. The van der Waals surface area contributed by atoms with Gasteiger partial charge in [-0.1, -0.05) is 18.2 Å². The minimum Gasteiger partial charge on any atom is -0.497 e. The molecule has 4 rings (SSSR count). The van der Waals surface area contributed by atoms with Crippen LogP contribution in [-0.4, -0.2) is 39.1 Å². The summed E-state index contributed by atoms with van der Waals surface area (Å²) in [5, 5.41) is 14.7. The second-order valence-corrected chi connectivity index (χ2v) is 10.5. The molecule has 0 radical (unpaired) electrons. The highest BCUT2D eigenvalue weighted by Gasteiger charge is 2.27. The molecule has 11 nitrogen and oxygen atoms in total. The van der Waals surface area contributed by atoms with Gasteiger partial charge in [-0.05, 0) is 83.9 Å². The van der Waals surface area contributed by atoms with Crippen molar-refractivity contribution < 1.29 is 27.6 Å². The van der Waals surface area contributed by atoms with Gasteiger partial charge >= 0.3 is 0 Å². The molecule has 210 valence electrons. The van der Waals surface area contributed by atoms with Gasteiger partial charge in [0.05, 0.1) is 28.8 Å². The SMILES string of the molecule is COc1ccc(N(CC(=O)NN=Cc2ccc(OCc3ccc([N+](=O)[O-])cc3)cc2)S(=O)(=O)c2ccccc2)cc1. The Labute approximate surface area is 236 Å². The van der Waals surface area contributed by atoms with E-state index >= 15 is 0 Å². The van der Waals surface area contributed by atoms with E-state index in [2.05, 4.69) is 10.5 Å². The fourth-order valence-corrected chi connectivity index (χ4v) is 5.10. The first-order valence-corrected chi connectivity index (χ1v) is 13.7. The lowest BCUT2D eigenvalue weighted by atomic mass is 10.2. The number of nitrogens with zero attached hydrogens (tertiary/aromatic N) is 3. The summed E-state index contributed by atoms with van der Waals surface area (Å²) in [6.45, 7) is -0.269. The molecule has 0 fully saturated rings. The van der Waals surface area contributed by atoms with Gasteiger partial charge in [0.15, 0.2) is 0 Å². The number of nitro benzene ring substituents is 1. The maximum absolute atomic E-state index is 13.4. The standard InChI is InChI=1S/C29H26N4O7S/c1-39-26-17-13-24(14-18-26)32(41(37,38)28-5-3-2-4-6-28)20-29(34)31-30-19-22-9-15-27(16-10-22)40-21-23-7-11-25(12-8-23)33(35)36/h2-19H,20-21H2,1H3,(H,31,34). The van der Waals surface area contributed by atoms with Crippen LogP contribution in [0.5, 0.6) is 11.5 Å². The Morgan fingerprint density at radius 1 is 0.927 bits per heavy atom. The minimum absolute atomic E-state index is 0.00994. The van der Waals surface area contributed by atoms with E-state index in [0.29, 0.717) is 17.1 Å². The first kappa shape index (κ1) is 28.8. The van der Waals surface area contributed by atoms with E-state index in [4.69, 9.17) is 9.47 Å². The third-order valence-corrected chi connectivity index (χ3v) is 7.60. The molecule has 4 aromatic carbocycles. The number of hydrogen-bond acceptors (Lipinski definition) is 8. The summed E-state index contributed by atoms with van der Waals surface area (Å²) < 4.78 is 38.6. The highest BCUT2D eigenvalue weighted by Crippen LogP contribution is 2.25. The normalized spacial score (nSPS) is 11.1. The van der Waals surface area contributed by atoms with Crippen molar-refractivity contribution in [3.05, 3.63) is 124 Å². The number of amides is 1. The number of nitrogens with one attached hydrogen (secondary N) is 1. The van der Waals surface area contributed by atoms with Gasteiger partial charge in [-0.25, -0.2) is 13.8 Å². The molecule has 0 atom stereocenters. The lowest BCUT2D eigenvalue weighted by molar-refractivity contribution is -0.384. The molecule has 1 N–H and O–H groups in total. The summed E-state index contributed by atoms with van der Waals surface area (Å²) in [5.41, 5.74) is 4.11. The lowest BCUT2D eigenvalue weighted by Crippen LogP contribution is -2.39. The van der Waals surface area contributed by atoms with Crippen molar-refractivity contribution >= 4 is 33.5 Å². The Kier molecular flexibility index (Phi) is 9.28. The van der Waals surface area contributed by atoms with Crippen LogP contribution in [0.2, 0.25) is 0 Å². The monoisotopic (exact) mass is 574 g/mol. The number of rotatable bonds is 12. The van der Waals surface area contributed by atoms with Gasteiger partial charge in [0, 0.05) is 12.1 Å². The van der Waals surface area contributed by atoms with E-state index in [1.54, 1.807) is 78.9 Å². The van der Waals surface area contributed by atoms with Gasteiger partial charge in [0.2, 0.25) is 0 Å². The number of methoxy groups -OCH3 is 1. The summed E-state index contributed by atoms with van der Waals surface area (Å²) in [4.78, 5) is 23.1. The van der Waals surface area contributed by atoms with Crippen LogP contribution in [0, 0.1) is 10.1 Å². The second-order valence-electron chi connectivity index (χ2n) is 8.60. The van der Waals surface area contributed by atoms with E-state index in [-0.39, 0.29) is 22.9 Å². The quantitative estimate of drug-likeness (QED) is 0.149. The average molecular weight is 575 g/mol. The van der Waals surface area contributed by atoms with Gasteiger partial charge in [-0.15, -0.1) is 0 Å². The molecule has 0 unspecified atom stereocenters. The van der Waals surface area contributed by atoms with Crippen molar-refractivity contribution in [3.8, 4) is 11.5 Å². The molecule has 1 amide bonds. The van der Waals surface area contributed by atoms with Gasteiger partial charge < -0.3 is 9.47 Å². The zero-order chi connectivity index (χ0) is 29.2. The first-order chi connectivity index (χ1) is 19.8. The fraction of sp³-hybridized carbons (Fsp3) is 0.103. The average Bonchev–Trinajstić information content (AvgIpc) is 3.00. The van der Waals surface area contributed by atoms with Crippen LogP contribution >= 0.6 is 0 Å². The highest BCUT2D eigenvalue weighted by atomic mass is 32.2. The molecule has 41 heavy (non-hydrogen) atoms. The molecule has 0 aromatic heterocycles. The highest BCUT2D eigenvalue weighted by molar-refractivity contribution is 7.92. The maximum Gasteiger partial charge on any atom is 0.269 e. The van der Waals surface area contributed by atoms with Crippen LogP contribution in [0.1, 0.15) is 11.1 Å². The van der Waals surface area contributed by atoms with Crippen LogP contribution in [0.3, 0.4) is 0 Å². The van der Waals surface area contributed by atoms with Crippen LogP contribution in [0.4, 0.5) is 11.4 Å². The zero-order valence-electron chi connectivity index (χ0n) is 21.9. The minimum atomic E-state index is -4.05. The smallest absolute Gasteiger partial charge is 0.269 e. The Bertz CT molecular complexity index is 1610. The molecule has 0 aliphatic carbocycles. The molecule has 0 saturated carbocycles. The van der Waals surface area contributed by atoms with Crippen molar-refractivity contribution in [1.82, 2.24) is 5.43 Å². The lowest BCUT2D eigenvalue weighted by Gasteiger charge is -2.23. The van der Waals surface area contributed by atoms with E-state index in [1.807, 2.05) is 0 Å². The number of carbonyl (C=O) groups excluding carboxylic acids is 1. The van der Waals surface area contributed by atoms with E-state index in [0.717, 1.165) is 9.87 Å². The first-order valence-electron chi connectivity index (χ1n) is 12.3. The van der Waals surface area contributed by atoms with Crippen molar-refractivity contribution in [3.63, 3.8) is 0 Å². The summed E-state index contributed by atoms with van der Waals surface area (Å²) in [6.07, 6.45) is 1.42. The summed E-state index contributed by atoms with van der Waals surface area (Å²) in [6, 6.07) is 27.1. The van der Waals surface area contributed by atoms with Crippen LogP contribution in [-0.2, 0) is 21.4 Å². The van der Waals surface area contributed by atoms with Gasteiger partial charge in [0.25, 0.3) is 21.6 Å². The number of sulfonamides is 1. The number of ether oxygens (including phenoxy) is 2. The fourth-order valence-electron chi connectivity index (χ4n) is 3.66. The van der Waals surface area contributed by atoms with E-state index in [9.17, 15) is 23.3 Å². The molecule has 4 aromatic rings. The molecule has 0 saturated heterocycles. The molecular formula is C29H26N4O7S. The van der Waals surface area contributed by atoms with Crippen molar-refractivity contribution in [2.75, 3.05) is 18.0 Å². The van der Waals surface area contributed by atoms with Crippen molar-refractivity contribution in [1.29, 1.82) is 0 Å². The second kappa shape index (κ2) is 13.2. The van der Waals surface area contributed by atoms with Crippen molar-refractivity contribution in [2.45, 2.75) is 11.5 Å². The number of hydrazone groups is 1. The molecule has 12 heteroatoms. The Morgan fingerprint density at radius 2 is 1.56 bits per heavy atom. The predicted molar refractivity (Wildman–Crippen MR) is 154 cm³/mol. The number of hydrogen-bond donors (Lipinski definition) is 1. The summed E-state index contributed by atoms with van der Waals surface area (Å²) in [5.74, 6) is 0.480. The maximum atomic E-state index is 13.4. The van der Waals surface area contributed by atoms with Gasteiger partial charge in [-0.2, -0.15) is 5.10 Å². The van der Waals surface area contributed by atoms with Crippen molar-refractivity contribution in [2.24, 2.45) is 5.10 Å².